The molecule has 0 atom stereocenters. The molecule has 0 fully saturated rings. The van der Waals surface area contributed by atoms with Gasteiger partial charge in [0.15, 0.2) is 11.6 Å². The molecule has 7 nitrogen and oxygen atoms in total. The average Bonchev–Trinajstić information content (AvgIpc) is 3.25. The Balaban J connectivity index is 1.62. The van der Waals surface area contributed by atoms with Crippen molar-refractivity contribution in [3.8, 4) is 11.9 Å². The van der Waals surface area contributed by atoms with Crippen LogP contribution < -0.4 is 5.32 Å². The zero-order valence-corrected chi connectivity index (χ0v) is 21.2. The number of aryl methyl sites for hydroxylation is 4. The van der Waals surface area contributed by atoms with Gasteiger partial charge in [-0.15, -0.1) is 0 Å². The fourth-order valence-electron chi connectivity index (χ4n) is 4.35. The second-order valence-electron chi connectivity index (χ2n) is 8.81. The maximum absolute atomic E-state index is 9.86. The fraction of sp³-hybridized carbons (Fsp3) is 0.179. The van der Waals surface area contributed by atoms with Gasteiger partial charge in [-0.25, -0.2) is 15.0 Å². The Bertz CT molecular complexity index is 1650. The van der Waals surface area contributed by atoms with Crippen LogP contribution in [0.4, 0.5) is 11.6 Å². The number of rotatable bonds is 5. The summed E-state index contributed by atoms with van der Waals surface area (Å²) in [5, 5.41) is 19.5. The number of nitriles is 1. The lowest BCUT2D eigenvalue weighted by Crippen LogP contribution is -2.11. The van der Waals surface area contributed by atoms with E-state index in [1.165, 1.54) is 0 Å². The highest BCUT2D eigenvalue weighted by Gasteiger charge is 2.19. The van der Waals surface area contributed by atoms with Gasteiger partial charge in [0.05, 0.1) is 11.7 Å². The number of nitrogens with one attached hydrogen (secondary N) is 1. The number of halogens is 1. The highest BCUT2D eigenvalue weighted by Crippen LogP contribution is 2.29. The number of pyridine rings is 1. The number of para-hydroxylation sites is 1. The van der Waals surface area contributed by atoms with E-state index in [1.807, 2.05) is 63.2 Å². The number of hydrogen-bond donors (Lipinski definition) is 1. The fourth-order valence-corrected chi connectivity index (χ4v) is 4.47. The Morgan fingerprint density at radius 2 is 1.75 bits per heavy atom. The van der Waals surface area contributed by atoms with Gasteiger partial charge in [-0.2, -0.15) is 15.0 Å². The Morgan fingerprint density at radius 3 is 2.50 bits per heavy atom. The molecule has 5 rings (SSSR count). The standard InChI is InChI=1S/C28H24ClN7/c1-16-6-5-7-23-17(2)12-25(34-26(16)23)36-28(21(14-30)15-31-36)35-27-24(18(3)32-19(4)33-27)13-20-8-10-22(29)11-9-20/h5-12,15H,13H2,1-4H3,(H,32,33,35). The van der Waals surface area contributed by atoms with E-state index < -0.39 is 0 Å². The van der Waals surface area contributed by atoms with E-state index in [9.17, 15) is 5.26 Å². The van der Waals surface area contributed by atoms with Crippen LogP contribution in [-0.4, -0.2) is 24.7 Å². The summed E-state index contributed by atoms with van der Waals surface area (Å²) in [6.07, 6.45) is 2.15. The normalized spacial score (nSPS) is 11.0. The van der Waals surface area contributed by atoms with Gasteiger partial charge >= 0.3 is 0 Å². The van der Waals surface area contributed by atoms with Crippen LogP contribution in [0.3, 0.4) is 0 Å². The lowest BCUT2D eigenvalue weighted by molar-refractivity contribution is 0.855. The number of aromatic nitrogens is 5. The van der Waals surface area contributed by atoms with Gasteiger partial charge < -0.3 is 5.32 Å². The van der Waals surface area contributed by atoms with Crippen molar-refractivity contribution in [2.45, 2.75) is 34.1 Å². The molecule has 3 aromatic heterocycles. The smallest absolute Gasteiger partial charge is 0.156 e. The molecule has 0 aliphatic carbocycles. The van der Waals surface area contributed by atoms with Gasteiger partial charge in [-0.1, -0.05) is 41.9 Å². The van der Waals surface area contributed by atoms with Crippen LogP contribution in [0.1, 0.15) is 39.3 Å². The van der Waals surface area contributed by atoms with Crippen molar-refractivity contribution in [3.63, 3.8) is 0 Å². The summed E-state index contributed by atoms with van der Waals surface area (Å²) in [6.45, 7) is 7.90. The molecule has 0 aliphatic rings. The zero-order chi connectivity index (χ0) is 25.4. The molecule has 0 bridgehead atoms. The molecule has 178 valence electrons. The van der Waals surface area contributed by atoms with E-state index in [0.29, 0.717) is 40.3 Å². The second-order valence-corrected chi connectivity index (χ2v) is 9.25. The van der Waals surface area contributed by atoms with Crippen molar-refractivity contribution < 1.29 is 0 Å². The Labute approximate surface area is 214 Å². The monoisotopic (exact) mass is 493 g/mol. The summed E-state index contributed by atoms with van der Waals surface area (Å²) in [5.41, 5.74) is 6.32. The first-order chi connectivity index (χ1) is 17.3. The maximum Gasteiger partial charge on any atom is 0.156 e. The summed E-state index contributed by atoms with van der Waals surface area (Å²) in [5.74, 6) is 2.39. The summed E-state index contributed by atoms with van der Waals surface area (Å²) in [7, 11) is 0. The first-order valence-electron chi connectivity index (χ1n) is 11.5. The molecule has 2 aromatic carbocycles. The molecular formula is C28H24ClN7. The molecule has 0 amide bonds. The van der Waals surface area contributed by atoms with Crippen molar-refractivity contribution >= 4 is 34.1 Å². The Kier molecular flexibility index (Phi) is 6.13. The molecule has 3 heterocycles. The number of benzene rings is 2. The zero-order valence-electron chi connectivity index (χ0n) is 20.5. The highest BCUT2D eigenvalue weighted by molar-refractivity contribution is 6.30. The Hall–Kier alpha value is -4.28. The minimum atomic E-state index is 0.394. The van der Waals surface area contributed by atoms with Crippen LogP contribution in [0, 0.1) is 39.0 Å². The summed E-state index contributed by atoms with van der Waals surface area (Å²) in [4.78, 5) is 14.2. The predicted molar refractivity (Wildman–Crippen MR) is 142 cm³/mol. The molecule has 0 radical (unpaired) electrons. The summed E-state index contributed by atoms with van der Waals surface area (Å²) >= 11 is 6.08. The van der Waals surface area contributed by atoms with Crippen LogP contribution in [0.2, 0.25) is 5.02 Å². The van der Waals surface area contributed by atoms with Gasteiger partial charge in [-0.05, 0) is 62.6 Å². The van der Waals surface area contributed by atoms with Crippen LogP contribution in [0.25, 0.3) is 16.7 Å². The highest BCUT2D eigenvalue weighted by atomic mass is 35.5. The molecule has 36 heavy (non-hydrogen) atoms. The molecule has 0 unspecified atom stereocenters. The first kappa shape index (κ1) is 23.5. The van der Waals surface area contributed by atoms with Crippen molar-refractivity contribution in [1.29, 1.82) is 5.26 Å². The predicted octanol–water partition coefficient (Wildman–Crippen LogP) is 6.30. The molecule has 0 saturated heterocycles. The van der Waals surface area contributed by atoms with E-state index in [0.717, 1.165) is 38.9 Å². The van der Waals surface area contributed by atoms with Gasteiger partial charge in [0.25, 0.3) is 0 Å². The first-order valence-corrected chi connectivity index (χ1v) is 11.9. The van der Waals surface area contributed by atoms with E-state index in [1.54, 1.807) is 10.9 Å². The van der Waals surface area contributed by atoms with Crippen molar-refractivity contribution in [1.82, 2.24) is 24.7 Å². The molecule has 0 aliphatic heterocycles. The minimum absolute atomic E-state index is 0.394. The molecule has 1 N–H and O–H groups in total. The van der Waals surface area contributed by atoms with Gasteiger partial charge in [0.2, 0.25) is 0 Å². The average molecular weight is 494 g/mol. The van der Waals surface area contributed by atoms with E-state index >= 15 is 0 Å². The topological polar surface area (TPSA) is 92.3 Å². The SMILES string of the molecule is Cc1nc(C)c(Cc2ccc(Cl)cc2)c(Nc2c(C#N)cnn2-c2cc(C)c3cccc(C)c3n2)n1. The number of fused-ring (bicyclic) bond motifs is 1. The van der Waals surface area contributed by atoms with Gasteiger partial charge in [-0.3, -0.25) is 0 Å². The quantitative estimate of drug-likeness (QED) is 0.308. The third-order valence-corrected chi connectivity index (χ3v) is 6.45. The van der Waals surface area contributed by atoms with Gasteiger partial charge in [0.1, 0.15) is 23.3 Å². The summed E-state index contributed by atoms with van der Waals surface area (Å²) < 4.78 is 1.66. The molecule has 0 saturated carbocycles. The van der Waals surface area contributed by atoms with E-state index in [-0.39, 0.29) is 0 Å². The second kappa shape index (κ2) is 9.40. The van der Waals surface area contributed by atoms with Crippen LogP contribution in [0.15, 0.2) is 54.7 Å². The number of anilines is 2. The lowest BCUT2D eigenvalue weighted by Gasteiger charge is -2.16. The summed E-state index contributed by atoms with van der Waals surface area (Å²) in [6, 6.07) is 18.1. The van der Waals surface area contributed by atoms with Crippen LogP contribution in [0.5, 0.6) is 0 Å². The lowest BCUT2D eigenvalue weighted by atomic mass is 10.0. The third-order valence-electron chi connectivity index (χ3n) is 6.20. The molecule has 5 aromatic rings. The minimum Gasteiger partial charge on any atom is -0.323 e. The third kappa shape index (κ3) is 4.39. The molecular weight excluding hydrogens is 470 g/mol. The number of nitrogens with zero attached hydrogens (tertiary/aromatic N) is 6. The van der Waals surface area contributed by atoms with Crippen molar-refractivity contribution in [2.75, 3.05) is 5.32 Å². The molecule has 8 heteroatoms. The van der Waals surface area contributed by atoms with E-state index in [4.69, 9.17) is 21.6 Å². The molecule has 0 spiro atoms. The number of hydrogen-bond acceptors (Lipinski definition) is 6. The maximum atomic E-state index is 9.86. The Morgan fingerprint density at radius 1 is 0.972 bits per heavy atom. The van der Waals surface area contributed by atoms with Crippen LogP contribution in [-0.2, 0) is 6.42 Å². The van der Waals surface area contributed by atoms with E-state index in [2.05, 4.69) is 34.5 Å². The largest absolute Gasteiger partial charge is 0.323 e. The van der Waals surface area contributed by atoms with Crippen LogP contribution >= 0.6 is 11.6 Å². The van der Waals surface area contributed by atoms with Crippen molar-refractivity contribution in [3.05, 3.63) is 99.1 Å². The van der Waals surface area contributed by atoms with Crippen molar-refractivity contribution in [2.24, 2.45) is 0 Å². The van der Waals surface area contributed by atoms with Gasteiger partial charge in [0, 0.05) is 28.1 Å².